The van der Waals surface area contributed by atoms with Gasteiger partial charge in [-0.25, -0.2) is 0 Å². The van der Waals surface area contributed by atoms with Gasteiger partial charge >= 0.3 is 23.7 Å². The van der Waals surface area contributed by atoms with Crippen LogP contribution in [0.1, 0.15) is 37.8 Å². The predicted molar refractivity (Wildman–Crippen MR) is 175 cm³/mol. The van der Waals surface area contributed by atoms with E-state index in [-0.39, 0.29) is 68.3 Å². The van der Waals surface area contributed by atoms with Crippen LogP contribution in [0.5, 0.6) is 11.5 Å². The minimum atomic E-state index is -4.67. The predicted octanol–water partition coefficient (Wildman–Crippen LogP) is 11.6. The highest BCUT2D eigenvalue weighted by molar-refractivity contribution is 6.36. The van der Waals surface area contributed by atoms with Gasteiger partial charge in [-0.2, -0.15) is 26.3 Å². The molecule has 0 radical (unpaired) electrons. The molecule has 4 aromatic carbocycles. The maximum absolute atomic E-state index is 13.3. The Balaban J connectivity index is 1.99. The molecular formula is C32H26Cl2F6N4O5. The fourth-order valence-electron chi connectivity index (χ4n) is 4.84. The van der Waals surface area contributed by atoms with Gasteiger partial charge in [-0.15, -0.1) is 0 Å². The number of nitro groups is 2. The van der Waals surface area contributed by atoms with Gasteiger partial charge in [0.05, 0.1) is 32.1 Å². The van der Waals surface area contributed by atoms with Gasteiger partial charge in [0, 0.05) is 13.1 Å². The molecule has 4 rings (SSSR count). The number of anilines is 2. The summed E-state index contributed by atoms with van der Waals surface area (Å²) in [4.78, 5) is 23.2. The Morgan fingerprint density at radius 3 is 1.24 bits per heavy atom. The van der Waals surface area contributed by atoms with E-state index in [9.17, 15) is 46.6 Å². The van der Waals surface area contributed by atoms with Crippen molar-refractivity contribution < 1.29 is 40.9 Å². The summed E-state index contributed by atoms with van der Waals surface area (Å²) in [5.41, 5.74) is -3.88. The third-order valence-electron chi connectivity index (χ3n) is 7.14. The largest absolute Gasteiger partial charge is 0.454 e. The first-order valence-corrected chi connectivity index (χ1v) is 15.3. The van der Waals surface area contributed by atoms with E-state index in [0.29, 0.717) is 12.8 Å². The van der Waals surface area contributed by atoms with Crippen molar-refractivity contribution in [2.45, 2.75) is 39.0 Å². The molecule has 260 valence electrons. The van der Waals surface area contributed by atoms with Gasteiger partial charge in [0.2, 0.25) is 0 Å². The van der Waals surface area contributed by atoms with E-state index in [4.69, 9.17) is 27.9 Å². The zero-order chi connectivity index (χ0) is 36.3. The van der Waals surface area contributed by atoms with Crippen molar-refractivity contribution in [3.8, 4) is 33.8 Å². The van der Waals surface area contributed by atoms with E-state index in [1.165, 1.54) is 0 Å². The van der Waals surface area contributed by atoms with E-state index in [1.54, 1.807) is 13.8 Å². The van der Waals surface area contributed by atoms with Crippen LogP contribution < -0.4 is 15.4 Å². The molecule has 9 nitrogen and oxygen atoms in total. The lowest BCUT2D eigenvalue weighted by Gasteiger charge is -2.19. The van der Waals surface area contributed by atoms with Crippen molar-refractivity contribution in [1.82, 2.24) is 0 Å². The first-order chi connectivity index (χ1) is 23.0. The number of halogens is 8. The Morgan fingerprint density at radius 1 is 0.653 bits per heavy atom. The number of ether oxygens (including phenoxy) is 1. The van der Waals surface area contributed by atoms with E-state index in [2.05, 4.69) is 10.6 Å². The van der Waals surface area contributed by atoms with Crippen molar-refractivity contribution in [2.75, 3.05) is 23.7 Å². The summed E-state index contributed by atoms with van der Waals surface area (Å²) in [5.74, 6) is -0.535. The Bertz CT molecular complexity index is 1730. The average molecular weight is 731 g/mol. The number of nitrogens with zero attached hydrogens (tertiary/aromatic N) is 2. The number of alkyl halides is 6. The number of hydrogen-bond donors (Lipinski definition) is 2. The second kappa shape index (κ2) is 14.8. The van der Waals surface area contributed by atoms with Crippen LogP contribution >= 0.6 is 23.2 Å². The number of rotatable bonds is 12. The summed E-state index contributed by atoms with van der Waals surface area (Å²) < 4.78 is 85.8. The summed E-state index contributed by atoms with van der Waals surface area (Å²) in [7, 11) is 0. The van der Waals surface area contributed by atoms with Gasteiger partial charge in [0.25, 0.3) is 0 Å². The van der Waals surface area contributed by atoms with Gasteiger partial charge in [-0.3, -0.25) is 20.2 Å². The van der Waals surface area contributed by atoms with Crippen LogP contribution in [0.3, 0.4) is 0 Å². The number of nitrogens with one attached hydrogen (secondary N) is 2. The highest BCUT2D eigenvalue weighted by atomic mass is 35.5. The minimum absolute atomic E-state index is 0.00584. The molecule has 0 aliphatic rings. The van der Waals surface area contributed by atoms with Crippen LogP contribution in [0.2, 0.25) is 10.0 Å². The minimum Gasteiger partial charge on any atom is -0.454 e. The molecule has 0 bridgehead atoms. The molecular weight excluding hydrogens is 705 g/mol. The summed E-state index contributed by atoms with van der Waals surface area (Å²) >= 11 is 13.3. The summed E-state index contributed by atoms with van der Waals surface area (Å²) in [6.45, 7) is 3.93. The molecule has 0 unspecified atom stereocenters. The van der Waals surface area contributed by atoms with Crippen LogP contribution in [0.15, 0.2) is 60.7 Å². The van der Waals surface area contributed by atoms with Crippen LogP contribution in [-0.2, 0) is 12.4 Å². The lowest BCUT2D eigenvalue weighted by molar-refractivity contribution is -0.383. The first kappa shape index (κ1) is 37.1. The molecule has 0 aromatic heterocycles. The molecule has 0 aliphatic carbocycles. The topological polar surface area (TPSA) is 120 Å². The molecule has 0 amide bonds. The third-order valence-corrected chi connectivity index (χ3v) is 7.89. The number of nitro benzene ring substituents is 2. The quantitative estimate of drug-likeness (QED) is 0.0845. The summed E-state index contributed by atoms with van der Waals surface area (Å²) in [6, 6.07) is 9.42. The molecule has 2 N–H and O–H groups in total. The second-order valence-corrected chi connectivity index (χ2v) is 11.3. The van der Waals surface area contributed by atoms with Crippen LogP contribution in [0, 0.1) is 20.2 Å². The first-order valence-electron chi connectivity index (χ1n) is 14.5. The Hall–Kier alpha value is -4.76. The van der Waals surface area contributed by atoms with Gasteiger partial charge in [-0.1, -0.05) is 61.3 Å². The standard InChI is InChI=1S/C32H26Cl2F6N4O5/c1-3-13-41-27-25(33)23(15-21(29(27)43(45)46)17-5-9-19(10-6-17)31(35,36)37)49-24-16-22(18-7-11-20(12-8-18)32(38,39)40)30(44(47)48)28(26(24)34)42-14-4-2/h5-12,15-16,41-42H,3-4,13-14H2,1-2H3. The zero-order valence-corrected chi connectivity index (χ0v) is 27.1. The average Bonchev–Trinajstić information content (AvgIpc) is 3.03. The molecule has 0 saturated carbocycles. The summed E-state index contributed by atoms with van der Waals surface area (Å²) in [5, 5.41) is 29.8. The molecule has 0 saturated heterocycles. The Labute approximate surface area is 285 Å². The maximum Gasteiger partial charge on any atom is 0.416 e. The van der Waals surface area contributed by atoms with Crippen molar-refractivity contribution in [3.63, 3.8) is 0 Å². The van der Waals surface area contributed by atoms with Crippen LogP contribution in [0.25, 0.3) is 22.3 Å². The molecule has 0 heterocycles. The highest BCUT2D eigenvalue weighted by Gasteiger charge is 2.34. The molecule has 4 aromatic rings. The molecule has 49 heavy (non-hydrogen) atoms. The van der Waals surface area contributed by atoms with Crippen molar-refractivity contribution >= 4 is 46.0 Å². The Kier molecular flexibility index (Phi) is 11.2. The van der Waals surface area contributed by atoms with Crippen molar-refractivity contribution in [2.24, 2.45) is 0 Å². The second-order valence-electron chi connectivity index (χ2n) is 10.5. The zero-order valence-electron chi connectivity index (χ0n) is 25.6. The van der Waals surface area contributed by atoms with Crippen LogP contribution in [-0.4, -0.2) is 22.9 Å². The molecule has 0 spiro atoms. The molecule has 17 heteroatoms. The van der Waals surface area contributed by atoms with Crippen molar-refractivity contribution in [1.29, 1.82) is 0 Å². The number of benzene rings is 4. The van der Waals surface area contributed by atoms with Crippen LogP contribution in [0.4, 0.5) is 49.1 Å². The van der Waals surface area contributed by atoms with E-state index >= 15 is 0 Å². The normalized spacial score (nSPS) is 11.7. The van der Waals surface area contributed by atoms with E-state index in [0.717, 1.165) is 60.7 Å². The molecule has 0 aliphatic heterocycles. The highest BCUT2D eigenvalue weighted by Crippen LogP contribution is 2.52. The lowest BCUT2D eigenvalue weighted by Crippen LogP contribution is -2.08. The van der Waals surface area contributed by atoms with Gasteiger partial charge < -0.3 is 15.4 Å². The Morgan fingerprint density at radius 2 is 0.980 bits per heavy atom. The van der Waals surface area contributed by atoms with Crippen molar-refractivity contribution in [3.05, 3.63) is 102 Å². The third kappa shape index (κ3) is 8.11. The van der Waals surface area contributed by atoms with Gasteiger partial charge in [0.1, 0.15) is 32.9 Å². The lowest BCUT2D eigenvalue weighted by atomic mass is 9.99. The molecule has 0 fully saturated rings. The molecule has 0 atom stereocenters. The summed E-state index contributed by atoms with van der Waals surface area (Å²) in [6.07, 6.45) is -8.36. The monoisotopic (exact) mass is 730 g/mol. The fraction of sp³-hybridized carbons (Fsp3) is 0.250. The van der Waals surface area contributed by atoms with Gasteiger partial charge in [-0.05, 0) is 60.4 Å². The fourth-order valence-corrected chi connectivity index (χ4v) is 5.33. The maximum atomic E-state index is 13.3. The smallest absolute Gasteiger partial charge is 0.416 e. The van der Waals surface area contributed by atoms with E-state index < -0.39 is 44.7 Å². The van der Waals surface area contributed by atoms with Gasteiger partial charge in [0.15, 0.2) is 0 Å². The SMILES string of the molecule is CCCNc1c(Cl)c(Oc2cc(-c3ccc(C(F)(F)F)cc3)c([N+](=O)[O-])c(NCCC)c2Cl)cc(-c2ccc(C(F)(F)F)cc2)c1[N+](=O)[O-]. The number of hydrogen-bond acceptors (Lipinski definition) is 7. The van der Waals surface area contributed by atoms with E-state index in [1.807, 2.05) is 0 Å².